The summed E-state index contributed by atoms with van der Waals surface area (Å²) < 4.78 is 43.8. The molecule has 0 aliphatic carbocycles. The third-order valence-electron chi connectivity index (χ3n) is 14.5. The Kier molecular flexibility index (Phi) is 20.7. The maximum atomic E-state index is 14.6. The summed E-state index contributed by atoms with van der Waals surface area (Å²) in [5.74, 6) is 0.237. The van der Waals surface area contributed by atoms with E-state index in [-0.39, 0.29) is 47.0 Å². The first-order valence-corrected chi connectivity index (χ1v) is 30.5. The molecule has 6 amide bonds. The first-order chi connectivity index (χ1) is 45.4. The molecule has 0 saturated carbocycles. The van der Waals surface area contributed by atoms with Gasteiger partial charge in [-0.15, -0.1) is 0 Å². The summed E-state index contributed by atoms with van der Waals surface area (Å²) >= 11 is 0. The fourth-order valence-electron chi connectivity index (χ4n) is 10.1. The van der Waals surface area contributed by atoms with Gasteiger partial charge in [0.15, 0.2) is 0 Å². The number of nitrogens with zero attached hydrogens (tertiary/aromatic N) is 9. The highest BCUT2D eigenvalue weighted by atomic mass is 19.1. The normalized spacial score (nSPS) is 11.4. The van der Waals surface area contributed by atoms with Gasteiger partial charge in [0.25, 0.3) is 0 Å². The van der Waals surface area contributed by atoms with Gasteiger partial charge < -0.3 is 36.0 Å². The molecule has 22 nitrogen and oxygen atoms in total. The van der Waals surface area contributed by atoms with E-state index in [2.05, 4.69) is 119 Å². The van der Waals surface area contributed by atoms with Crippen molar-refractivity contribution in [2.75, 3.05) is 35.6 Å². The van der Waals surface area contributed by atoms with Crippen molar-refractivity contribution in [1.29, 1.82) is 0 Å². The van der Waals surface area contributed by atoms with Gasteiger partial charge in [-0.2, -0.15) is 0 Å². The number of benzene rings is 3. The number of aromatic amines is 3. The zero-order valence-corrected chi connectivity index (χ0v) is 52.7. The number of urea groups is 3. The van der Waals surface area contributed by atoms with Crippen molar-refractivity contribution < 1.29 is 32.7 Å². The minimum atomic E-state index is -0.676. The minimum absolute atomic E-state index is 0.152. The largest absolute Gasteiger partial charge is 0.387 e. The summed E-state index contributed by atoms with van der Waals surface area (Å²) in [5.41, 5.74) is 13.0. The molecule has 9 aromatic heterocycles. The van der Waals surface area contributed by atoms with Crippen LogP contribution in [0, 0.1) is 23.4 Å². The molecule has 94 heavy (non-hydrogen) atoms. The van der Waals surface area contributed by atoms with Crippen LogP contribution < -0.4 is 31.9 Å². The van der Waals surface area contributed by atoms with Crippen LogP contribution in [0.25, 0.3) is 100 Å². The van der Waals surface area contributed by atoms with Crippen LogP contribution in [-0.2, 0) is 6.42 Å². The topological polar surface area (TPSA) is 307 Å². The molecular formula is C69H69F3N18O4. The Morgan fingerprint density at radius 1 is 0.447 bits per heavy atom. The maximum Gasteiger partial charge on any atom is 0.321 e. The molecule has 0 bridgehead atoms. The summed E-state index contributed by atoms with van der Waals surface area (Å²) in [6, 6.07) is 30.2. The highest BCUT2D eigenvalue weighted by Crippen LogP contribution is 2.38. The lowest BCUT2D eigenvalue weighted by Gasteiger charge is -2.09. The number of imidazole rings is 3. The summed E-state index contributed by atoms with van der Waals surface area (Å²) in [7, 11) is 0. The average molecular weight is 1270 g/mol. The highest BCUT2D eigenvalue weighted by Gasteiger charge is 2.22. The summed E-state index contributed by atoms with van der Waals surface area (Å²) in [4.78, 5) is 84.5. The van der Waals surface area contributed by atoms with Crippen LogP contribution in [0.3, 0.4) is 0 Å². The standard InChI is InChI=1S/C24H25FN6O.C23H23FN6O.C22H21FN6O2/c1-4-26-24(32)31-23-29-20-12-16(15-7-8-17(28-13-15)10-14(2)3)11-18(22(20)30-23)21-19(25)6-5-9-27-21;1-4-25-23(31)30-22-28-19-11-15(14-7-8-18(13(2)3)27-12-14)10-16(21(19)29-22)20-17(24)6-5-9-26-20;1-3-24-22(31)29-21-27-18-10-14(13-6-7-17(12(2)30)26-11-13)9-15(20(18)28-21)19-16(23)5-4-8-25-19/h5-9,11-14H,4,10H2,1-3H3,(H3,26,29,30,31,32);5-13H,4H2,1-3H3,(H3,25,28,29,30,31);4-12,30H,3H2,1-2H3,(H3,24,27,28,29,31)/t;;12-/m..0/s1. The van der Waals surface area contributed by atoms with E-state index in [0.29, 0.717) is 87.0 Å². The van der Waals surface area contributed by atoms with E-state index in [9.17, 15) is 32.7 Å². The molecule has 12 aromatic rings. The molecule has 25 heteroatoms. The van der Waals surface area contributed by atoms with E-state index in [1.807, 2.05) is 87.6 Å². The lowest BCUT2D eigenvalue weighted by molar-refractivity contribution is 0.194. The van der Waals surface area contributed by atoms with Gasteiger partial charge in [-0.25, -0.2) is 42.5 Å². The Morgan fingerprint density at radius 3 is 1.09 bits per heavy atom. The van der Waals surface area contributed by atoms with Gasteiger partial charge in [0, 0.05) is 102 Å². The number of carbonyl (C=O) groups excluding carboxylic acids is 3. The number of H-pyrrole nitrogens is 3. The molecule has 0 radical (unpaired) electrons. The number of hydrogen-bond acceptors (Lipinski definition) is 13. The number of nitrogens with one attached hydrogen (secondary N) is 9. The van der Waals surface area contributed by atoms with E-state index < -0.39 is 29.6 Å². The molecule has 0 aliphatic heterocycles. The van der Waals surface area contributed by atoms with Crippen LogP contribution in [0.2, 0.25) is 0 Å². The van der Waals surface area contributed by atoms with Gasteiger partial charge in [-0.05, 0) is 154 Å². The van der Waals surface area contributed by atoms with Crippen LogP contribution >= 0.6 is 0 Å². The molecule has 0 saturated heterocycles. The Balaban J connectivity index is 0.000000154. The van der Waals surface area contributed by atoms with Gasteiger partial charge in [0.05, 0.1) is 28.3 Å². The van der Waals surface area contributed by atoms with Gasteiger partial charge in [0.1, 0.15) is 51.1 Å². The van der Waals surface area contributed by atoms with Crippen molar-refractivity contribution >= 4 is 69.0 Å². The predicted octanol–water partition coefficient (Wildman–Crippen LogP) is 14.3. The Labute approximate surface area is 538 Å². The van der Waals surface area contributed by atoms with Crippen molar-refractivity contribution in [3.8, 4) is 67.2 Å². The van der Waals surface area contributed by atoms with Crippen LogP contribution in [0.15, 0.2) is 146 Å². The number of amides is 6. The molecule has 1 atom stereocenters. The maximum absolute atomic E-state index is 14.6. The van der Waals surface area contributed by atoms with Gasteiger partial charge in [-0.1, -0.05) is 45.9 Å². The molecule has 480 valence electrons. The number of hydrogen-bond donors (Lipinski definition) is 10. The van der Waals surface area contributed by atoms with Crippen molar-refractivity contribution in [2.24, 2.45) is 5.92 Å². The third-order valence-corrected chi connectivity index (χ3v) is 14.5. The highest BCUT2D eigenvalue weighted by molar-refractivity contribution is 6.01. The third kappa shape index (κ3) is 15.6. The zero-order chi connectivity index (χ0) is 66.6. The summed E-state index contributed by atoms with van der Waals surface area (Å²) in [6.07, 6.45) is 10.1. The SMILES string of the molecule is CCNC(=O)Nc1nc2c(-c3ncccc3F)cc(-c3ccc(C(C)C)nc3)cc2[nH]1.CCNC(=O)Nc1nc2c(-c3ncccc3F)cc(-c3ccc(CC(C)C)nc3)cc2[nH]1.CCNC(=O)Nc1nc2c(-c3ncccc3F)cc(-c3ccc([C@H](C)O)nc3)cc2[nH]1. The quantitative estimate of drug-likeness (QED) is 0.0431. The fourth-order valence-corrected chi connectivity index (χ4v) is 10.1. The first kappa shape index (κ1) is 65.5. The molecule has 9 heterocycles. The molecule has 0 aliphatic rings. The van der Waals surface area contributed by atoms with E-state index in [4.69, 9.17) is 0 Å². The van der Waals surface area contributed by atoms with Crippen molar-refractivity contribution in [1.82, 2.24) is 75.8 Å². The number of aromatic nitrogens is 12. The molecule has 0 unspecified atom stereocenters. The lowest BCUT2D eigenvalue weighted by Crippen LogP contribution is -2.28. The fraction of sp³-hybridized carbons (Fsp3) is 0.217. The Bertz CT molecular complexity index is 4450. The van der Waals surface area contributed by atoms with Crippen LogP contribution in [-0.4, -0.2) is 103 Å². The van der Waals surface area contributed by atoms with Crippen molar-refractivity contribution in [3.63, 3.8) is 0 Å². The predicted molar refractivity (Wildman–Crippen MR) is 359 cm³/mol. The number of halogens is 3. The number of pyridine rings is 6. The van der Waals surface area contributed by atoms with Gasteiger partial charge in [-0.3, -0.25) is 45.9 Å². The second-order valence-electron chi connectivity index (χ2n) is 22.4. The van der Waals surface area contributed by atoms with E-state index in [1.165, 1.54) is 36.7 Å². The van der Waals surface area contributed by atoms with Gasteiger partial charge in [0.2, 0.25) is 17.8 Å². The van der Waals surface area contributed by atoms with Crippen molar-refractivity contribution in [2.45, 2.75) is 73.8 Å². The van der Waals surface area contributed by atoms with E-state index >= 15 is 0 Å². The second kappa shape index (κ2) is 29.7. The second-order valence-corrected chi connectivity index (χ2v) is 22.4. The Hall–Kier alpha value is -11.5. The van der Waals surface area contributed by atoms with E-state index in [1.54, 1.807) is 49.8 Å². The number of rotatable bonds is 16. The lowest BCUT2D eigenvalue weighted by atomic mass is 10.00. The zero-order valence-electron chi connectivity index (χ0n) is 52.7. The molecular weight excluding hydrogens is 1200 g/mol. The van der Waals surface area contributed by atoms with Crippen LogP contribution in [0.1, 0.15) is 84.5 Å². The monoisotopic (exact) mass is 1270 g/mol. The first-order valence-electron chi connectivity index (χ1n) is 30.5. The number of anilines is 3. The summed E-state index contributed by atoms with van der Waals surface area (Å²) in [6.45, 7) is 17.0. The number of aliphatic hydroxyl groups excluding tert-OH is 1. The minimum Gasteiger partial charge on any atom is -0.387 e. The van der Waals surface area contributed by atoms with Crippen LogP contribution in [0.4, 0.5) is 45.4 Å². The number of aliphatic hydroxyl groups is 1. The van der Waals surface area contributed by atoms with Crippen molar-refractivity contribution in [3.05, 3.63) is 181 Å². The molecule has 0 fully saturated rings. The van der Waals surface area contributed by atoms with E-state index in [0.717, 1.165) is 51.2 Å². The molecule has 3 aromatic carbocycles. The number of carbonyl (C=O) groups is 3. The number of fused-ring (bicyclic) bond motifs is 3. The molecule has 12 rings (SSSR count). The molecule has 10 N–H and O–H groups in total. The average Bonchev–Trinajstić information content (AvgIpc) is 1.55. The summed E-state index contributed by atoms with van der Waals surface area (Å²) in [5, 5.41) is 25.6. The Morgan fingerprint density at radius 2 is 0.798 bits per heavy atom. The van der Waals surface area contributed by atoms with Crippen LogP contribution in [0.5, 0.6) is 0 Å². The molecule has 0 spiro atoms. The van der Waals surface area contributed by atoms with Gasteiger partial charge >= 0.3 is 18.1 Å². The smallest absolute Gasteiger partial charge is 0.321 e.